The summed E-state index contributed by atoms with van der Waals surface area (Å²) >= 11 is 0. The van der Waals surface area contributed by atoms with Gasteiger partial charge in [-0.3, -0.25) is 10.0 Å². The largest absolute Gasteiger partial charge is 0.497 e. The summed E-state index contributed by atoms with van der Waals surface area (Å²) in [6.07, 6.45) is 1.45. The monoisotopic (exact) mass is 472 g/mol. The Bertz CT molecular complexity index is 1300. The summed E-state index contributed by atoms with van der Waals surface area (Å²) in [7, 11) is -2.44. The summed E-state index contributed by atoms with van der Waals surface area (Å²) < 4.78 is 53.1. The molecule has 0 saturated heterocycles. The number of carbonyl (C=O) groups excluding carboxylic acids is 1. The minimum absolute atomic E-state index is 0.00923. The SMILES string of the molecule is CCN1Cc2c(Oc3ccc(NS(=O)(=O)c4ccc(OC)cc4)cc3F)ccnc2NC1=O. The van der Waals surface area contributed by atoms with Crippen LogP contribution in [0.3, 0.4) is 0 Å². The second-order valence-electron chi connectivity index (χ2n) is 7.11. The van der Waals surface area contributed by atoms with Gasteiger partial charge in [0, 0.05) is 18.8 Å². The molecular formula is C22H21FN4O5S. The van der Waals surface area contributed by atoms with Crippen LogP contribution < -0.4 is 19.5 Å². The molecule has 2 aromatic carbocycles. The molecule has 9 nitrogen and oxygen atoms in total. The number of fused-ring (bicyclic) bond motifs is 1. The summed E-state index contributed by atoms with van der Waals surface area (Å²) in [5.41, 5.74) is 0.652. The minimum Gasteiger partial charge on any atom is -0.497 e. The van der Waals surface area contributed by atoms with E-state index in [-0.39, 0.29) is 28.9 Å². The highest BCUT2D eigenvalue weighted by molar-refractivity contribution is 7.92. The number of nitrogens with zero attached hydrogens (tertiary/aromatic N) is 2. The molecule has 11 heteroatoms. The first-order chi connectivity index (χ1) is 15.8. The molecular weight excluding hydrogens is 451 g/mol. The lowest BCUT2D eigenvalue weighted by Gasteiger charge is -2.28. The third-order valence-electron chi connectivity index (χ3n) is 5.03. The zero-order valence-electron chi connectivity index (χ0n) is 17.8. The van der Waals surface area contributed by atoms with Crippen LogP contribution in [0.5, 0.6) is 17.2 Å². The van der Waals surface area contributed by atoms with Gasteiger partial charge in [-0.25, -0.2) is 22.6 Å². The van der Waals surface area contributed by atoms with Crippen LogP contribution in [0.4, 0.5) is 20.7 Å². The van der Waals surface area contributed by atoms with Crippen LogP contribution in [0.2, 0.25) is 0 Å². The Hall–Kier alpha value is -3.86. The van der Waals surface area contributed by atoms with Crippen LogP contribution in [0.1, 0.15) is 12.5 Å². The predicted octanol–water partition coefficient (Wildman–Crippen LogP) is 4.19. The molecule has 4 rings (SSSR count). The summed E-state index contributed by atoms with van der Waals surface area (Å²) in [5.74, 6) is 0.343. The topological polar surface area (TPSA) is 110 Å². The smallest absolute Gasteiger partial charge is 0.323 e. The molecule has 0 saturated carbocycles. The maximum Gasteiger partial charge on any atom is 0.323 e. The minimum atomic E-state index is -3.92. The van der Waals surface area contributed by atoms with E-state index in [1.165, 1.54) is 49.7 Å². The molecule has 0 bridgehead atoms. The quantitative estimate of drug-likeness (QED) is 0.534. The van der Waals surface area contributed by atoms with Gasteiger partial charge in [0.2, 0.25) is 0 Å². The number of hydrogen-bond donors (Lipinski definition) is 2. The van der Waals surface area contributed by atoms with Gasteiger partial charge in [-0.05, 0) is 49.4 Å². The highest BCUT2D eigenvalue weighted by Crippen LogP contribution is 2.34. The van der Waals surface area contributed by atoms with Gasteiger partial charge >= 0.3 is 6.03 Å². The molecule has 2 amide bonds. The number of ether oxygens (including phenoxy) is 2. The van der Waals surface area contributed by atoms with Gasteiger partial charge in [-0.15, -0.1) is 0 Å². The Morgan fingerprint density at radius 3 is 2.58 bits per heavy atom. The fourth-order valence-electron chi connectivity index (χ4n) is 3.26. The standard InChI is InChI=1S/C22H21FN4O5S/c1-3-27-13-17-19(10-11-24-21(17)25-22(27)28)32-20-9-4-14(12-18(20)23)26-33(29,30)16-7-5-15(31-2)6-8-16/h4-12,26H,3,13H2,1-2H3,(H,24,25,28). The van der Waals surface area contributed by atoms with Crippen molar-refractivity contribution in [3.8, 4) is 17.2 Å². The number of nitrogens with one attached hydrogen (secondary N) is 2. The van der Waals surface area contributed by atoms with Crippen molar-refractivity contribution in [3.05, 3.63) is 66.1 Å². The van der Waals surface area contributed by atoms with Crippen LogP contribution >= 0.6 is 0 Å². The number of urea groups is 1. The van der Waals surface area contributed by atoms with E-state index in [2.05, 4.69) is 15.0 Å². The number of carbonyl (C=O) groups is 1. The molecule has 1 aromatic heterocycles. The van der Waals surface area contributed by atoms with Crippen molar-refractivity contribution in [2.24, 2.45) is 0 Å². The zero-order chi connectivity index (χ0) is 23.6. The number of halogens is 1. The van der Waals surface area contributed by atoms with Gasteiger partial charge in [0.15, 0.2) is 11.6 Å². The normalized spacial score (nSPS) is 13.2. The Labute approximate surface area is 190 Å². The molecule has 1 aliphatic rings. The van der Waals surface area contributed by atoms with Crippen molar-refractivity contribution in [3.63, 3.8) is 0 Å². The Kier molecular flexibility index (Phi) is 6.05. The summed E-state index contributed by atoms with van der Waals surface area (Å²) in [6.45, 7) is 2.59. The molecule has 0 atom stereocenters. The maximum atomic E-state index is 14.8. The number of anilines is 2. The van der Waals surface area contributed by atoms with E-state index in [0.717, 1.165) is 6.07 Å². The number of hydrogen-bond acceptors (Lipinski definition) is 6. The highest BCUT2D eigenvalue weighted by Gasteiger charge is 2.26. The molecule has 0 spiro atoms. The van der Waals surface area contributed by atoms with Crippen molar-refractivity contribution in [2.45, 2.75) is 18.4 Å². The number of rotatable bonds is 7. The molecule has 33 heavy (non-hydrogen) atoms. The zero-order valence-corrected chi connectivity index (χ0v) is 18.6. The molecule has 0 aliphatic carbocycles. The maximum absolute atomic E-state index is 14.8. The molecule has 0 radical (unpaired) electrons. The lowest BCUT2D eigenvalue weighted by Crippen LogP contribution is -2.38. The first kappa shape index (κ1) is 22.3. The second kappa shape index (κ2) is 8.94. The van der Waals surface area contributed by atoms with E-state index in [0.29, 0.717) is 29.4 Å². The van der Waals surface area contributed by atoms with E-state index in [1.54, 1.807) is 11.0 Å². The van der Waals surface area contributed by atoms with E-state index in [4.69, 9.17) is 9.47 Å². The van der Waals surface area contributed by atoms with Crippen molar-refractivity contribution >= 4 is 27.6 Å². The molecule has 2 heterocycles. The van der Waals surface area contributed by atoms with E-state index in [9.17, 15) is 17.6 Å². The van der Waals surface area contributed by atoms with Crippen LogP contribution in [-0.4, -0.2) is 38.0 Å². The second-order valence-corrected chi connectivity index (χ2v) is 8.79. The Morgan fingerprint density at radius 2 is 1.91 bits per heavy atom. The first-order valence-corrected chi connectivity index (χ1v) is 11.5. The predicted molar refractivity (Wildman–Crippen MR) is 120 cm³/mol. The number of pyridine rings is 1. The number of benzene rings is 2. The number of methoxy groups -OCH3 is 1. The lowest BCUT2D eigenvalue weighted by atomic mass is 10.2. The van der Waals surface area contributed by atoms with E-state index >= 15 is 0 Å². The van der Waals surface area contributed by atoms with Crippen LogP contribution in [0.15, 0.2) is 59.6 Å². The van der Waals surface area contributed by atoms with Gasteiger partial charge in [0.05, 0.1) is 29.8 Å². The average Bonchev–Trinajstić information content (AvgIpc) is 2.80. The van der Waals surface area contributed by atoms with Gasteiger partial charge < -0.3 is 14.4 Å². The third kappa shape index (κ3) is 4.67. The molecule has 0 fully saturated rings. The molecule has 172 valence electrons. The van der Waals surface area contributed by atoms with Gasteiger partial charge in [0.1, 0.15) is 17.3 Å². The fourth-order valence-corrected chi connectivity index (χ4v) is 4.31. The molecule has 0 unspecified atom stereocenters. The third-order valence-corrected chi connectivity index (χ3v) is 6.43. The fraction of sp³-hybridized carbons (Fsp3) is 0.182. The molecule has 3 aromatic rings. The van der Waals surface area contributed by atoms with Crippen LogP contribution in [-0.2, 0) is 16.6 Å². The molecule has 2 N–H and O–H groups in total. The number of sulfonamides is 1. The van der Waals surface area contributed by atoms with Crippen LogP contribution in [0, 0.1) is 5.82 Å². The number of aromatic nitrogens is 1. The summed E-state index contributed by atoms with van der Waals surface area (Å²) in [5, 5.41) is 2.68. The van der Waals surface area contributed by atoms with Crippen molar-refractivity contribution in [1.29, 1.82) is 0 Å². The summed E-state index contributed by atoms with van der Waals surface area (Å²) in [4.78, 5) is 17.7. The van der Waals surface area contributed by atoms with Gasteiger partial charge in [0.25, 0.3) is 10.0 Å². The molecule has 1 aliphatic heterocycles. The van der Waals surface area contributed by atoms with E-state index in [1.807, 2.05) is 6.92 Å². The highest BCUT2D eigenvalue weighted by atomic mass is 32.2. The first-order valence-electron chi connectivity index (χ1n) is 9.99. The van der Waals surface area contributed by atoms with Crippen LogP contribution in [0.25, 0.3) is 0 Å². The van der Waals surface area contributed by atoms with Crippen molar-refractivity contribution in [1.82, 2.24) is 9.88 Å². The average molecular weight is 472 g/mol. The Morgan fingerprint density at radius 1 is 1.15 bits per heavy atom. The van der Waals surface area contributed by atoms with Gasteiger partial charge in [-0.2, -0.15) is 0 Å². The number of amides is 2. The van der Waals surface area contributed by atoms with E-state index < -0.39 is 15.8 Å². The summed E-state index contributed by atoms with van der Waals surface area (Å²) in [6, 6.07) is 10.9. The lowest BCUT2D eigenvalue weighted by molar-refractivity contribution is 0.209. The van der Waals surface area contributed by atoms with Crippen molar-refractivity contribution in [2.75, 3.05) is 23.7 Å². The Balaban J connectivity index is 1.54. The van der Waals surface area contributed by atoms with Gasteiger partial charge in [-0.1, -0.05) is 0 Å². The van der Waals surface area contributed by atoms with Crippen molar-refractivity contribution < 1.29 is 27.1 Å².